The van der Waals surface area contributed by atoms with E-state index >= 15 is 0 Å². The van der Waals surface area contributed by atoms with Crippen LogP contribution in [0.2, 0.25) is 0 Å². The molecule has 1 saturated heterocycles. The number of nitrogens with zero attached hydrogens (tertiary/aromatic N) is 1. The van der Waals surface area contributed by atoms with E-state index in [1.54, 1.807) is 24.3 Å². The lowest BCUT2D eigenvalue weighted by molar-refractivity contribution is -0.215. The summed E-state index contributed by atoms with van der Waals surface area (Å²) in [5.41, 5.74) is 1.02. The standard InChI is InChI=1S/C17H19NO4/c1-11-6-7-12(10-17(11)21-8-9-22-17)18-15(19)13-4-2-3-5-14(13)16(18)20/h2-5,11-12H,6-10H2,1H3/t11-,12-/m1/s1. The quantitative estimate of drug-likeness (QED) is 0.746. The van der Waals surface area contributed by atoms with Gasteiger partial charge in [-0.1, -0.05) is 19.1 Å². The van der Waals surface area contributed by atoms with Crippen LogP contribution in [0.5, 0.6) is 0 Å². The highest BCUT2D eigenvalue weighted by Crippen LogP contribution is 2.43. The first kappa shape index (κ1) is 13.9. The molecule has 0 radical (unpaired) electrons. The Morgan fingerprint density at radius 2 is 1.64 bits per heavy atom. The zero-order valence-electron chi connectivity index (χ0n) is 12.6. The number of carbonyl (C=O) groups excluding carboxylic acids is 2. The van der Waals surface area contributed by atoms with Crippen molar-refractivity contribution in [2.75, 3.05) is 13.2 Å². The third-order valence-corrected chi connectivity index (χ3v) is 5.17. The molecule has 22 heavy (non-hydrogen) atoms. The number of fused-ring (bicyclic) bond motifs is 1. The number of rotatable bonds is 1. The third-order valence-electron chi connectivity index (χ3n) is 5.17. The fraction of sp³-hybridized carbons (Fsp3) is 0.529. The van der Waals surface area contributed by atoms with Crippen molar-refractivity contribution in [3.8, 4) is 0 Å². The van der Waals surface area contributed by atoms with Crippen LogP contribution in [0.1, 0.15) is 46.9 Å². The summed E-state index contributed by atoms with van der Waals surface area (Å²) in [5.74, 6) is -0.721. The minimum absolute atomic E-state index is 0.151. The number of ether oxygens (including phenoxy) is 2. The van der Waals surface area contributed by atoms with Crippen LogP contribution in [0.15, 0.2) is 24.3 Å². The molecule has 1 aromatic carbocycles. The number of amides is 2. The predicted molar refractivity (Wildman–Crippen MR) is 78.4 cm³/mol. The predicted octanol–water partition coefficient (Wildman–Crippen LogP) is 2.21. The lowest BCUT2D eigenvalue weighted by Crippen LogP contribution is -2.52. The van der Waals surface area contributed by atoms with Crippen molar-refractivity contribution in [1.29, 1.82) is 0 Å². The van der Waals surface area contributed by atoms with E-state index in [9.17, 15) is 9.59 Å². The molecule has 0 N–H and O–H groups in total. The van der Waals surface area contributed by atoms with Gasteiger partial charge >= 0.3 is 0 Å². The number of imide groups is 1. The van der Waals surface area contributed by atoms with Gasteiger partial charge in [-0.2, -0.15) is 0 Å². The highest BCUT2D eigenvalue weighted by Gasteiger charge is 2.51. The molecule has 4 rings (SSSR count). The van der Waals surface area contributed by atoms with Crippen LogP contribution >= 0.6 is 0 Å². The Hall–Kier alpha value is -1.72. The van der Waals surface area contributed by atoms with Crippen LogP contribution in [-0.2, 0) is 9.47 Å². The molecule has 3 aliphatic rings. The summed E-state index contributed by atoms with van der Waals surface area (Å²) >= 11 is 0. The first-order valence-corrected chi connectivity index (χ1v) is 7.87. The minimum atomic E-state index is -0.627. The van der Waals surface area contributed by atoms with Crippen LogP contribution in [0.25, 0.3) is 0 Å². The van der Waals surface area contributed by atoms with E-state index in [4.69, 9.17) is 9.47 Å². The maximum Gasteiger partial charge on any atom is 0.261 e. The number of hydrogen-bond donors (Lipinski definition) is 0. The average Bonchev–Trinajstić information content (AvgIpc) is 3.09. The van der Waals surface area contributed by atoms with E-state index in [0.29, 0.717) is 30.8 Å². The van der Waals surface area contributed by atoms with Crippen molar-refractivity contribution in [1.82, 2.24) is 4.90 Å². The minimum Gasteiger partial charge on any atom is -0.347 e. The van der Waals surface area contributed by atoms with Gasteiger partial charge < -0.3 is 9.47 Å². The van der Waals surface area contributed by atoms with Crippen molar-refractivity contribution in [3.63, 3.8) is 0 Å². The molecule has 0 aromatic heterocycles. The van der Waals surface area contributed by atoms with Gasteiger partial charge in [0, 0.05) is 18.4 Å². The number of carbonyl (C=O) groups is 2. The van der Waals surface area contributed by atoms with E-state index in [1.807, 2.05) is 0 Å². The molecule has 2 amide bonds. The van der Waals surface area contributed by atoms with Gasteiger partial charge in [0.1, 0.15) is 0 Å². The van der Waals surface area contributed by atoms with Gasteiger partial charge in [0.15, 0.2) is 5.79 Å². The summed E-state index contributed by atoms with van der Waals surface area (Å²) in [6.45, 7) is 3.28. The van der Waals surface area contributed by atoms with E-state index in [2.05, 4.69) is 6.92 Å². The highest BCUT2D eigenvalue weighted by atomic mass is 16.7. The molecule has 5 nitrogen and oxygen atoms in total. The van der Waals surface area contributed by atoms with Crippen molar-refractivity contribution < 1.29 is 19.1 Å². The van der Waals surface area contributed by atoms with Crippen LogP contribution in [0, 0.1) is 5.92 Å². The van der Waals surface area contributed by atoms with Gasteiger partial charge in [-0.25, -0.2) is 0 Å². The van der Waals surface area contributed by atoms with Gasteiger partial charge in [0.05, 0.1) is 24.3 Å². The molecule has 2 heterocycles. The molecule has 2 fully saturated rings. The van der Waals surface area contributed by atoms with Gasteiger partial charge in [-0.05, 0) is 25.0 Å². The third kappa shape index (κ3) is 1.85. The average molecular weight is 301 g/mol. The molecule has 116 valence electrons. The molecule has 0 unspecified atom stereocenters. The Morgan fingerprint density at radius 1 is 1.05 bits per heavy atom. The fourth-order valence-corrected chi connectivity index (χ4v) is 3.93. The maximum atomic E-state index is 12.6. The van der Waals surface area contributed by atoms with Gasteiger partial charge in [0.25, 0.3) is 11.8 Å². The zero-order valence-corrected chi connectivity index (χ0v) is 12.6. The van der Waals surface area contributed by atoms with Crippen molar-refractivity contribution in [2.24, 2.45) is 5.92 Å². The largest absolute Gasteiger partial charge is 0.347 e. The first-order valence-electron chi connectivity index (χ1n) is 7.87. The Kier molecular flexibility index (Phi) is 3.09. The normalized spacial score (nSPS) is 30.1. The fourth-order valence-electron chi connectivity index (χ4n) is 3.93. The molecule has 5 heteroatoms. The van der Waals surface area contributed by atoms with Crippen molar-refractivity contribution >= 4 is 11.8 Å². The number of hydrogen-bond acceptors (Lipinski definition) is 4. The molecule has 1 aromatic rings. The Balaban J connectivity index is 1.63. The van der Waals surface area contributed by atoms with Gasteiger partial charge in [-0.3, -0.25) is 14.5 Å². The van der Waals surface area contributed by atoms with Gasteiger partial charge in [-0.15, -0.1) is 0 Å². The second-order valence-corrected chi connectivity index (χ2v) is 6.37. The van der Waals surface area contributed by atoms with Crippen LogP contribution < -0.4 is 0 Å². The summed E-state index contributed by atoms with van der Waals surface area (Å²) < 4.78 is 11.7. The molecule has 2 atom stereocenters. The van der Waals surface area contributed by atoms with E-state index in [1.165, 1.54) is 4.90 Å². The topological polar surface area (TPSA) is 55.8 Å². The summed E-state index contributed by atoms with van der Waals surface area (Å²) in [6.07, 6.45) is 2.26. The monoisotopic (exact) mass is 301 g/mol. The zero-order chi connectivity index (χ0) is 15.3. The summed E-state index contributed by atoms with van der Waals surface area (Å²) in [6, 6.07) is 6.88. The van der Waals surface area contributed by atoms with E-state index in [-0.39, 0.29) is 23.8 Å². The highest BCUT2D eigenvalue weighted by molar-refractivity contribution is 6.21. The molecule has 1 spiro atoms. The lowest BCUT2D eigenvalue weighted by atomic mass is 9.81. The molecule has 1 aliphatic carbocycles. The van der Waals surface area contributed by atoms with Crippen LogP contribution in [0.3, 0.4) is 0 Å². The molecule has 0 bridgehead atoms. The van der Waals surface area contributed by atoms with E-state index in [0.717, 1.165) is 12.8 Å². The second kappa shape index (κ2) is 4.89. The summed E-state index contributed by atoms with van der Waals surface area (Å²) in [5, 5.41) is 0. The first-order chi connectivity index (χ1) is 10.6. The lowest BCUT2D eigenvalue weighted by Gasteiger charge is -2.43. The molecule has 1 saturated carbocycles. The molecular weight excluding hydrogens is 282 g/mol. The SMILES string of the molecule is C[C@@H]1CC[C@@H](N2C(=O)c3ccccc3C2=O)CC12OCCO2. The van der Waals surface area contributed by atoms with Crippen molar-refractivity contribution in [2.45, 2.75) is 38.0 Å². The van der Waals surface area contributed by atoms with Crippen LogP contribution in [0.4, 0.5) is 0 Å². The van der Waals surface area contributed by atoms with Crippen molar-refractivity contribution in [3.05, 3.63) is 35.4 Å². The second-order valence-electron chi connectivity index (χ2n) is 6.37. The summed E-state index contributed by atoms with van der Waals surface area (Å²) in [4.78, 5) is 26.6. The van der Waals surface area contributed by atoms with Gasteiger partial charge in [0.2, 0.25) is 0 Å². The Morgan fingerprint density at radius 3 is 2.23 bits per heavy atom. The summed E-state index contributed by atoms with van der Waals surface area (Å²) in [7, 11) is 0. The maximum absolute atomic E-state index is 12.6. The molecular formula is C17H19NO4. The smallest absolute Gasteiger partial charge is 0.261 e. The Bertz CT molecular complexity index is 600. The van der Waals surface area contributed by atoms with E-state index < -0.39 is 5.79 Å². The molecule has 2 aliphatic heterocycles. The Labute approximate surface area is 129 Å². The number of benzene rings is 1. The van der Waals surface area contributed by atoms with Crippen LogP contribution in [-0.4, -0.2) is 41.8 Å².